The first kappa shape index (κ1) is 77.3. The summed E-state index contributed by atoms with van der Waals surface area (Å²) in [5, 5.41) is 23.4. The third-order valence-corrected chi connectivity index (χ3v) is 17.0. The van der Waals surface area contributed by atoms with Crippen LogP contribution in [0.4, 0.5) is 0 Å². The maximum atomic E-state index is 12.5. The van der Waals surface area contributed by atoms with Gasteiger partial charge in [-0.1, -0.05) is 359 Å². The number of aliphatic hydroxyl groups is 2. The largest absolute Gasteiger partial charge is 0.466 e. The molecule has 0 spiro atoms. The summed E-state index contributed by atoms with van der Waals surface area (Å²) < 4.78 is 5.51. The summed E-state index contributed by atoms with van der Waals surface area (Å²) in [5.41, 5.74) is 0. The minimum absolute atomic E-state index is 0.0127. The molecule has 0 heterocycles. The molecule has 0 aromatic rings. The van der Waals surface area contributed by atoms with E-state index in [0.29, 0.717) is 25.9 Å². The molecule has 0 aliphatic rings. The second-order valence-electron chi connectivity index (χ2n) is 24.9. The molecule has 3 N–H and O–H groups in total. The highest BCUT2D eigenvalue weighted by atomic mass is 16.5. The summed E-state index contributed by atoms with van der Waals surface area (Å²) in [6.07, 6.45) is 86.5. The summed E-state index contributed by atoms with van der Waals surface area (Å²) >= 11 is 0. The summed E-state index contributed by atoms with van der Waals surface area (Å²) in [6, 6.07) is -0.541. The maximum Gasteiger partial charge on any atom is 0.305 e. The molecule has 6 nitrogen and oxygen atoms in total. The van der Waals surface area contributed by atoms with Crippen molar-refractivity contribution in [2.45, 2.75) is 418 Å². The fraction of sp³-hybridized carbons (Fsp3) is 0.918. The van der Waals surface area contributed by atoms with Gasteiger partial charge in [-0.25, -0.2) is 0 Å². The van der Waals surface area contributed by atoms with Crippen LogP contribution in [0, 0.1) is 0 Å². The number of unbranched alkanes of at least 4 members (excludes halogenated alkanes) is 53. The summed E-state index contributed by atoms with van der Waals surface area (Å²) in [5.74, 6) is -0.0169. The van der Waals surface area contributed by atoms with E-state index in [4.69, 9.17) is 4.74 Å². The second-order valence-corrected chi connectivity index (χ2v) is 24.9. The number of aliphatic hydroxyl groups excluding tert-OH is 2. The summed E-state index contributed by atoms with van der Waals surface area (Å²) in [7, 11) is 0. The van der Waals surface area contributed by atoms with Crippen molar-refractivity contribution in [3.05, 3.63) is 24.3 Å². The van der Waals surface area contributed by atoms with Crippen LogP contribution < -0.4 is 5.32 Å². The molecule has 1 amide bonds. The predicted molar refractivity (Wildman–Crippen MR) is 347 cm³/mol. The monoisotopic (exact) mass is 1110 g/mol. The van der Waals surface area contributed by atoms with Gasteiger partial charge in [-0.3, -0.25) is 9.59 Å². The topological polar surface area (TPSA) is 95.9 Å². The zero-order valence-corrected chi connectivity index (χ0v) is 53.6. The number of rotatable bonds is 68. The molecule has 0 bridgehead atoms. The summed E-state index contributed by atoms with van der Waals surface area (Å²) in [6.45, 7) is 4.97. The Balaban J connectivity index is 3.35. The van der Waals surface area contributed by atoms with Gasteiger partial charge in [0, 0.05) is 12.8 Å². The molecule has 0 saturated heterocycles. The van der Waals surface area contributed by atoms with Crippen LogP contribution in [-0.4, -0.2) is 47.4 Å². The Kier molecular flexibility index (Phi) is 67.4. The van der Waals surface area contributed by atoms with Gasteiger partial charge in [0.25, 0.3) is 0 Å². The minimum atomic E-state index is -0.664. The Hall–Kier alpha value is -1.66. The van der Waals surface area contributed by atoms with E-state index in [1.54, 1.807) is 0 Å². The van der Waals surface area contributed by atoms with E-state index in [1.807, 2.05) is 0 Å². The number of ether oxygens (including phenoxy) is 1. The number of allylic oxidation sites excluding steroid dienone is 4. The first-order valence-electron chi connectivity index (χ1n) is 36.1. The van der Waals surface area contributed by atoms with Gasteiger partial charge in [0.15, 0.2) is 0 Å². The van der Waals surface area contributed by atoms with Crippen molar-refractivity contribution in [1.29, 1.82) is 0 Å². The van der Waals surface area contributed by atoms with E-state index in [9.17, 15) is 19.8 Å². The molecule has 2 unspecified atom stereocenters. The van der Waals surface area contributed by atoms with E-state index >= 15 is 0 Å². The average molecular weight is 1110 g/mol. The van der Waals surface area contributed by atoms with E-state index in [0.717, 1.165) is 51.4 Å². The van der Waals surface area contributed by atoms with Gasteiger partial charge in [-0.05, 0) is 57.8 Å². The molecule has 0 aliphatic heterocycles. The Morgan fingerprint density at radius 1 is 0.354 bits per heavy atom. The lowest BCUT2D eigenvalue weighted by atomic mass is 10.0. The van der Waals surface area contributed by atoms with Crippen molar-refractivity contribution in [3.63, 3.8) is 0 Å². The van der Waals surface area contributed by atoms with Gasteiger partial charge in [0.1, 0.15) is 0 Å². The minimum Gasteiger partial charge on any atom is -0.466 e. The van der Waals surface area contributed by atoms with Crippen LogP contribution in [0.1, 0.15) is 406 Å². The number of esters is 1. The van der Waals surface area contributed by atoms with Crippen molar-refractivity contribution in [3.8, 4) is 0 Å². The van der Waals surface area contributed by atoms with Crippen LogP contribution in [-0.2, 0) is 14.3 Å². The normalized spacial score (nSPS) is 12.6. The lowest BCUT2D eigenvalue weighted by molar-refractivity contribution is -0.143. The van der Waals surface area contributed by atoms with Gasteiger partial charge in [-0.2, -0.15) is 0 Å². The predicted octanol–water partition coefficient (Wildman–Crippen LogP) is 23.3. The SMILES string of the molecule is CCCCC/C=C\C/C=C\CCCCCCCCCCCC(=O)OCCCCCCCCCCCCCCCCCCCCCCCCCCC(=O)NC(CO)C(O)CCCCCCCCCCCCCCCCCCCCC. The van der Waals surface area contributed by atoms with Gasteiger partial charge in [0.05, 0.1) is 25.4 Å². The van der Waals surface area contributed by atoms with Crippen molar-refractivity contribution >= 4 is 11.9 Å². The van der Waals surface area contributed by atoms with Gasteiger partial charge in [-0.15, -0.1) is 0 Å². The first-order chi connectivity index (χ1) is 39.0. The average Bonchev–Trinajstić information content (AvgIpc) is 3.45. The number of hydrogen-bond acceptors (Lipinski definition) is 5. The molecule has 468 valence electrons. The maximum absolute atomic E-state index is 12.5. The van der Waals surface area contributed by atoms with Crippen LogP contribution in [0.2, 0.25) is 0 Å². The summed E-state index contributed by atoms with van der Waals surface area (Å²) in [4.78, 5) is 24.7. The fourth-order valence-electron chi connectivity index (χ4n) is 11.5. The number of nitrogens with one attached hydrogen (secondary N) is 1. The molecule has 0 aromatic carbocycles. The molecule has 0 saturated carbocycles. The van der Waals surface area contributed by atoms with E-state index in [-0.39, 0.29) is 18.5 Å². The standard InChI is InChI=1S/C73H141NO5/c1-3-5-7-9-11-13-15-17-19-21-29-33-37-41-45-49-53-57-61-65-71(76)70(69-75)74-72(77)66-62-58-54-50-46-42-38-34-31-27-25-23-24-26-28-32-36-40-44-48-52-56-60-64-68-79-73(78)67-63-59-55-51-47-43-39-35-30-22-20-18-16-14-12-10-8-6-4-2/h12,14,18,20,70-71,75-76H,3-11,13,15-17,19,21-69H2,1-2H3,(H,74,77)/b14-12-,20-18-. The molecule has 0 aromatic heterocycles. The Morgan fingerprint density at radius 3 is 0.987 bits per heavy atom. The third kappa shape index (κ3) is 65.4. The fourth-order valence-corrected chi connectivity index (χ4v) is 11.5. The lowest BCUT2D eigenvalue weighted by Gasteiger charge is -2.22. The Morgan fingerprint density at radius 2 is 0.633 bits per heavy atom. The Labute approximate surface area is 494 Å². The molecular weight excluding hydrogens is 971 g/mol. The van der Waals surface area contributed by atoms with Crippen molar-refractivity contribution in [2.75, 3.05) is 13.2 Å². The van der Waals surface area contributed by atoms with Crippen LogP contribution in [0.5, 0.6) is 0 Å². The third-order valence-electron chi connectivity index (χ3n) is 17.0. The van der Waals surface area contributed by atoms with Crippen molar-refractivity contribution < 1.29 is 24.5 Å². The molecule has 0 aliphatic carbocycles. The quantitative estimate of drug-likeness (QED) is 0.0320. The molecule has 0 fully saturated rings. The number of carbonyl (C=O) groups is 2. The highest BCUT2D eigenvalue weighted by Crippen LogP contribution is 2.19. The van der Waals surface area contributed by atoms with E-state index in [1.165, 1.54) is 321 Å². The molecule has 0 radical (unpaired) electrons. The van der Waals surface area contributed by atoms with Gasteiger partial charge >= 0.3 is 5.97 Å². The number of carbonyl (C=O) groups excluding carboxylic acids is 2. The van der Waals surface area contributed by atoms with Crippen molar-refractivity contribution in [1.82, 2.24) is 5.32 Å². The van der Waals surface area contributed by atoms with Crippen LogP contribution >= 0.6 is 0 Å². The highest BCUT2D eigenvalue weighted by Gasteiger charge is 2.20. The van der Waals surface area contributed by atoms with Crippen LogP contribution in [0.3, 0.4) is 0 Å². The van der Waals surface area contributed by atoms with Crippen molar-refractivity contribution in [2.24, 2.45) is 0 Å². The van der Waals surface area contributed by atoms with Crippen LogP contribution in [0.25, 0.3) is 0 Å². The highest BCUT2D eigenvalue weighted by molar-refractivity contribution is 5.76. The number of hydrogen-bond donors (Lipinski definition) is 3. The molecule has 2 atom stereocenters. The van der Waals surface area contributed by atoms with Gasteiger partial charge < -0.3 is 20.3 Å². The Bertz CT molecular complexity index is 1230. The zero-order valence-electron chi connectivity index (χ0n) is 53.6. The lowest BCUT2D eigenvalue weighted by Crippen LogP contribution is -2.45. The molecule has 79 heavy (non-hydrogen) atoms. The van der Waals surface area contributed by atoms with E-state index < -0.39 is 12.1 Å². The van der Waals surface area contributed by atoms with Gasteiger partial charge in [0.2, 0.25) is 5.91 Å². The number of amides is 1. The van der Waals surface area contributed by atoms with Crippen LogP contribution in [0.15, 0.2) is 24.3 Å². The molecule has 6 heteroatoms. The zero-order chi connectivity index (χ0) is 57.1. The van der Waals surface area contributed by atoms with E-state index in [2.05, 4.69) is 43.5 Å². The molecular formula is C73H141NO5. The molecule has 0 rings (SSSR count). The first-order valence-corrected chi connectivity index (χ1v) is 36.1. The second kappa shape index (κ2) is 68.8. The smallest absolute Gasteiger partial charge is 0.305 e.